The third-order valence-electron chi connectivity index (χ3n) is 4.33. The zero-order valence-corrected chi connectivity index (χ0v) is 16.9. The zero-order valence-electron chi connectivity index (χ0n) is 16.9. The van der Waals surface area contributed by atoms with Crippen molar-refractivity contribution in [1.29, 1.82) is 0 Å². The Hall–Kier alpha value is -3.68. The summed E-state index contributed by atoms with van der Waals surface area (Å²) in [5.41, 5.74) is 0.900. The molecule has 2 rings (SSSR count). The van der Waals surface area contributed by atoms with Gasteiger partial charge in [0.15, 0.2) is 0 Å². The molecule has 158 valence electrons. The summed E-state index contributed by atoms with van der Waals surface area (Å²) < 4.78 is 9.37. The highest BCUT2D eigenvalue weighted by atomic mass is 16.5. The Morgan fingerprint density at radius 1 is 0.633 bits per heavy atom. The average molecular weight is 412 g/mol. The van der Waals surface area contributed by atoms with E-state index in [0.29, 0.717) is 25.9 Å². The van der Waals surface area contributed by atoms with Crippen molar-refractivity contribution in [1.82, 2.24) is 10.6 Å². The second-order valence-corrected chi connectivity index (χ2v) is 6.29. The van der Waals surface area contributed by atoms with Gasteiger partial charge in [-0.3, -0.25) is 9.59 Å². The number of esters is 2. The van der Waals surface area contributed by atoms with E-state index in [4.69, 9.17) is 0 Å². The van der Waals surface area contributed by atoms with Crippen LogP contribution >= 0.6 is 0 Å². The molecule has 2 N–H and O–H groups in total. The van der Waals surface area contributed by atoms with Gasteiger partial charge in [-0.15, -0.1) is 0 Å². The predicted octanol–water partition coefficient (Wildman–Crippen LogP) is 2.20. The number of nitrogens with one attached hydrogen (secondary N) is 2. The normalized spacial score (nSPS) is 10.1. The number of rotatable bonds is 9. The van der Waals surface area contributed by atoms with Crippen molar-refractivity contribution in [2.24, 2.45) is 0 Å². The molecule has 30 heavy (non-hydrogen) atoms. The highest BCUT2D eigenvalue weighted by Gasteiger charge is 2.17. The van der Waals surface area contributed by atoms with Crippen LogP contribution < -0.4 is 10.6 Å². The molecule has 0 atom stereocenters. The topological polar surface area (TPSA) is 111 Å². The maximum Gasteiger partial charge on any atom is 0.338 e. The largest absolute Gasteiger partial charge is 0.465 e. The van der Waals surface area contributed by atoms with Gasteiger partial charge in [-0.1, -0.05) is 24.3 Å². The predicted molar refractivity (Wildman–Crippen MR) is 109 cm³/mol. The fourth-order valence-electron chi connectivity index (χ4n) is 2.78. The van der Waals surface area contributed by atoms with E-state index in [1.807, 2.05) is 0 Å². The summed E-state index contributed by atoms with van der Waals surface area (Å²) in [6, 6.07) is 12.8. The molecule has 0 spiro atoms. The van der Waals surface area contributed by atoms with Crippen molar-refractivity contribution in [2.75, 3.05) is 27.3 Å². The molecule has 0 heterocycles. The number of hydrogen-bond acceptors (Lipinski definition) is 6. The molecule has 0 saturated carbocycles. The third-order valence-corrected chi connectivity index (χ3v) is 4.33. The number of amides is 2. The van der Waals surface area contributed by atoms with Gasteiger partial charge >= 0.3 is 11.9 Å². The van der Waals surface area contributed by atoms with Gasteiger partial charge in [-0.2, -0.15) is 0 Å². The van der Waals surface area contributed by atoms with Crippen LogP contribution in [0, 0.1) is 0 Å². The molecular weight excluding hydrogens is 388 g/mol. The van der Waals surface area contributed by atoms with Gasteiger partial charge in [0, 0.05) is 13.1 Å². The number of carbonyl (C=O) groups excluding carboxylic acids is 4. The SMILES string of the molecule is COC(=O)c1ccccc1C(=O)NCCCCNC(=O)c1ccccc1C(=O)OC. The fraction of sp³-hybridized carbons (Fsp3) is 0.273. The van der Waals surface area contributed by atoms with Crippen molar-refractivity contribution in [2.45, 2.75) is 12.8 Å². The van der Waals surface area contributed by atoms with Crippen LogP contribution in [-0.4, -0.2) is 51.1 Å². The molecule has 2 aromatic carbocycles. The second kappa shape index (κ2) is 11.4. The van der Waals surface area contributed by atoms with E-state index in [1.54, 1.807) is 36.4 Å². The van der Waals surface area contributed by atoms with Gasteiger partial charge in [0.1, 0.15) is 0 Å². The van der Waals surface area contributed by atoms with Crippen LogP contribution in [0.3, 0.4) is 0 Å². The summed E-state index contributed by atoms with van der Waals surface area (Å²) in [4.78, 5) is 48.1. The van der Waals surface area contributed by atoms with Crippen LogP contribution in [-0.2, 0) is 9.47 Å². The molecule has 0 radical (unpaired) electrons. The van der Waals surface area contributed by atoms with Crippen LogP contribution in [0.15, 0.2) is 48.5 Å². The van der Waals surface area contributed by atoms with Crippen molar-refractivity contribution in [3.05, 3.63) is 70.8 Å². The lowest BCUT2D eigenvalue weighted by Crippen LogP contribution is -2.29. The molecule has 0 fully saturated rings. The standard InChI is InChI=1S/C22H24N2O6/c1-29-21(27)17-11-5-3-9-15(17)19(25)23-13-7-8-14-24-20(26)16-10-4-6-12-18(16)22(28)30-2/h3-6,9-12H,7-8,13-14H2,1-2H3,(H,23,25)(H,24,26). The van der Waals surface area contributed by atoms with Crippen LogP contribution in [0.5, 0.6) is 0 Å². The van der Waals surface area contributed by atoms with Gasteiger partial charge < -0.3 is 20.1 Å². The van der Waals surface area contributed by atoms with E-state index in [-0.39, 0.29) is 34.1 Å². The molecule has 0 aromatic heterocycles. The second-order valence-electron chi connectivity index (χ2n) is 6.29. The lowest BCUT2D eigenvalue weighted by atomic mass is 10.1. The minimum atomic E-state index is -0.573. The number of hydrogen-bond donors (Lipinski definition) is 2. The maximum absolute atomic E-state index is 12.3. The van der Waals surface area contributed by atoms with E-state index in [9.17, 15) is 19.2 Å². The molecule has 0 saturated heterocycles. The zero-order chi connectivity index (χ0) is 21.9. The van der Waals surface area contributed by atoms with Crippen molar-refractivity contribution in [3.8, 4) is 0 Å². The summed E-state index contributed by atoms with van der Waals surface area (Å²) >= 11 is 0. The quantitative estimate of drug-likeness (QED) is 0.483. The molecule has 0 aliphatic heterocycles. The van der Waals surface area contributed by atoms with E-state index in [2.05, 4.69) is 20.1 Å². The van der Waals surface area contributed by atoms with Gasteiger partial charge in [-0.05, 0) is 37.1 Å². The fourth-order valence-corrected chi connectivity index (χ4v) is 2.78. The first-order valence-electron chi connectivity index (χ1n) is 9.40. The van der Waals surface area contributed by atoms with Gasteiger partial charge in [-0.25, -0.2) is 9.59 Å². The van der Waals surface area contributed by atoms with E-state index < -0.39 is 11.9 Å². The first-order chi connectivity index (χ1) is 14.5. The number of unbranched alkanes of at least 4 members (excludes halogenated alkanes) is 1. The summed E-state index contributed by atoms with van der Waals surface area (Å²) in [5.74, 6) is -1.88. The average Bonchev–Trinajstić information content (AvgIpc) is 2.79. The number of carbonyl (C=O) groups is 4. The smallest absolute Gasteiger partial charge is 0.338 e. The Kier molecular flexibility index (Phi) is 8.56. The Labute approximate surface area is 174 Å². The molecule has 0 aliphatic rings. The van der Waals surface area contributed by atoms with Gasteiger partial charge in [0.2, 0.25) is 0 Å². The van der Waals surface area contributed by atoms with E-state index in [0.717, 1.165) is 0 Å². The minimum absolute atomic E-state index is 0.203. The Morgan fingerprint density at radius 2 is 0.967 bits per heavy atom. The first kappa shape index (κ1) is 22.6. The Morgan fingerprint density at radius 3 is 1.30 bits per heavy atom. The third kappa shape index (κ3) is 5.91. The summed E-state index contributed by atoms with van der Waals surface area (Å²) in [6.45, 7) is 0.756. The molecule has 8 heteroatoms. The lowest BCUT2D eigenvalue weighted by Gasteiger charge is -2.10. The van der Waals surface area contributed by atoms with Crippen LogP contribution in [0.2, 0.25) is 0 Å². The maximum atomic E-state index is 12.3. The van der Waals surface area contributed by atoms with E-state index >= 15 is 0 Å². The van der Waals surface area contributed by atoms with Gasteiger partial charge in [0.05, 0.1) is 36.5 Å². The molecule has 0 bridgehead atoms. The minimum Gasteiger partial charge on any atom is -0.465 e. The van der Waals surface area contributed by atoms with Gasteiger partial charge in [0.25, 0.3) is 11.8 Å². The van der Waals surface area contributed by atoms with Crippen molar-refractivity contribution < 1.29 is 28.7 Å². The lowest BCUT2D eigenvalue weighted by molar-refractivity contribution is 0.0589. The number of benzene rings is 2. The Bertz CT molecular complexity index is 850. The molecule has 0 aliphatic carbocycles. The Balaban J connectivity index is 1.78. The highest BCUT2D eigenvalue weighted by Crippen LogP contribution is 2.11. The van der Waals surface area contributed by atoms with Crippen LogP contribution in [0.1, 0.15) is 54.3 Å². The number of ether oxygens (including phenoxy) is 2. The van der Waals surface area contributed by atoms with E-state index in [1.165, 1.54) is 26.4 Å². The molecule has 0 unspecified atom stereocenters. The van der Waals surface area contributed by atoms with Crippen molar-refractivity contribution in [3.63, 3.8) is 0 Å². The van der Waals surface area contributed by atoms with Crippen LogP contribution in [0.25, 0.3) is 0 Å². The number of methoxy groups -OCH3 is 2. The molecule has 8 nitrogen and oxygen atoms in total. The summed E-state index contributed by atoms with van der Waals surface area (Å²) in [6.07, 6.45) is 1.23. The molecule has 2 aromatic rings. The molecular formula is C22H24N2O6. The highest BCUT2D eigenvalue weighted by molar-refractivity contribution is 6.06. The molecule has 2 amide bonds. The van der Waals surface area contributed by atoms with Crippen LogP contribution in [0.4, 0.5) is 0 Å². The summed E-state index contributed by atoms with van der Waals surface area (Å²) in [7, 11) is 2.52. The monoisotopic (exact) mass is 412 g/mol. The first-order valence-corrected chi connectivity index (χ1v) is 9.40. The summed E-state index contributed by atoms with van der Waals surface area (Å²) in [5, 5.41) is 5.50. The van der Waals surface area contributed by atoms with Crippen molar-refractivity contribution >= 4 is 23.8 Å².